The van der Waals surface area contributed by atoms with Crippen molar-refractivity contribution in [2.45, 2.75) is 32.8 Å². The number of hydrogen-bond donors (Lipinski definition) is 2. The fourth-order valence-corrected chi connectivity index (χ4v) is 1.75. The van der Waals surface area contributed by atoms with Crippen LogP contribution in [-0.4, -0.2) is 17.8 Å². The van der Waals surface area contributed by atoms with Gasteiger partial charge in [-0.3, -0.25) is 0 Å². The molecule has 0 fully saturated rings. The number of nitrogens with two attached hydrogens (primary N) is 1. The Morgan fingerprint density at radius 1 is 1.36 bits per heavy atom. The largest absolute Gasteiger partial charge is 0.391 e. The molecule has 14 heavy (non-hydrogen) atoms. The molecule has 2 atom stereocenters. The van der Waals surface area contributed by atoms with E-state index in [1.165, 1.54) is 16.7 Å². The van der Waals surface area contributed by atoms with Gasteiger partial charge in [0.15, 0.2) is 0 Å². The molecule has 0 bridgehead atoms. The molecule has 3 N–H and O–H groups in total. The number of aliphatic hydroxyl groups excluding tert-OH is 1. The van der Waals surface area contributed by atoms with E-state index < -0.39 is 6.10 Å². The highest BCUT2D eigenvalue weighted by Crippen LogP contribution is 2.23. The van der Waals surface area contributed by atoms with E-state index in [-0.39, 0.29) is 5.92 Å². The van der Waals surface area contributed by atoms with Crippen molar-refractivity contribution in [3.8, 4) is 0 Å². The van der Waals surface area contributed by atoms with E-state index >= 15 is 0 Å². The summed E-state index contributed by atoms with van der Waals surface area (Å²) in [6.45, 7) is 6.46. The summed E-state index contributed by atoms with van der Waals surface area (Å²) in [4.78, 5) is 0. The van der Waals surface area contributed by atoms with Crippen LogP contribution in [0.5, 0.6) is 0 Å². The predicted octanol–water partition coefficient (Wildman–Crippen LogP) is 1.73. The van der Waals surface area contributed by atoms with Crippen LogP contribution in [0.15, 0.2) is 18.2 Å². The minimum atomic E-state index is -0.448. The Hall–Kier alpha value is -0.860. The van der Waals surface area contributed by atoms with Crippen LogP contribution in [0.1, 0.15) is 29.5 Å². The molecule has 1 aromatic rings. The Morgan fingerprint density at radius 3 is 2.50 bits per heavy atom. The van der Waals surface area contributed by atoms with E-state index in [4.69, 9.17) is 5.73 Å². The zero-order valence-corrected chi connectivity index (χ0v) is 9.12. The summed E-state index contributed by atoms with van der Waals surface area (Å²) in [5.74, 6) is 0.112. The molecule has 0 aromatic heterocycles. The number of hydrogen-bond acceptors (Lipinski definition) is 2. The molecule has 1 aromatic carbocycles. The lowest BCUT2D eigenvalue weighted by molar-refractivity contribution is 0.157. The van der Waals surface area contributed by atoms with Crippen molar-refractivity contribution < 1.29 is 5.11 Å². The standard InChI is InChI=1S/C12H19NO/c1-8-4-5-11(9(2)6-8)10(3)12(14)7-13/h4-6,10,12,14H,7,13H2,1-3H3. The Kier molecular flexibility index (Phi) is 3.67. The van der Waals surface area contributed by atoms with Gasteiger partial charge in [-0.05, 0) is 25.0 Å². The van der Waals surface area contributed by atoms with Gasteiger partial charge < -0.3 is 10.8 Å². The highest BCUT2D eigenvalue weighted by atomic mass is 16.3. The molecule has 0 aliphatic heterocycles. The van der Waals surface area contributed by atoms with Gasteiger partial charge in [-0.15, -0.1) is 0 Å². The Labute approximate surface area is 85.8 Å². The highest BCUT2D eigenvalue weighted by molar-refractivity contribution is 5.33. The first-order valence-corrected chi connectivity index (χ1v) is 5.01. The third-order valence-electron chi connectivity index (χ3n) is 2.73. The van der Waals surface area contributed by atoms with Crippen LogP contribution in [0.25, 0.3) is 0 Å². The van der Waals surface area contributed by atoms with Crippen molar-refractivity contribution in [2.24, 2.45) is 5.73 Å². The fourth-order valence-electron chi connectivity index (χ4n) is 1.75. The minimum absolute atomic E-state index is 0.112. The highest BCUT2D eigenvalue weighted by Gasteiger charge is 2.16. The fraction of sp³-hybridized carbons (Fsp3) is 0.500. The van der Waals surface area contributed by atoms with E-state index in [2.05, 4.69) is 32.0 Å². The lowest BCUT2D eigenvalue weighted by Gasteiger charge is -2.19. The molecule has 0 spiro atoms. The van der Waals surface area contributed by atoms with Crippen molar-refractivity contribution in [3.05, 3.63) is 34.9 Å². The number of aliphatic hydroxyl groups is 1. The van der Waals surface area contributed by atoms with E-state index in [0.29, 0.717) is 6.54 Å². The molecule has 78 valence electrons. The third-order valence-corrected chi connectivity index (χ3v) is 2.73. The smallest absolute Gasteiger partial charge is 0.0728 e. The van der Waals surface area contributed by atoms with Gasteiger partial charge in [0.25, 0.3) is 0 Å². The van der Waals surface area contributed by atoms with Gasteiger partial charge >= 0.3 is 0 Å². The minimum Gasteiger partial charge on any atom is -0.391 e. The van der Waals surface area contributed by atoms with Crippen LogP contribution in [0.3, 0.4) is 0 Å². The lowest BCUT2D eigenvalue weighted by atomic mass is 9.91. The van der Waals surface area contributed by atoms with E-state index in [1.807, 2.05) is 6.92 Å². The van der Waals surface area contributed by atoms with Crippen LogP contribution < -0.4 is 5.73 Å². The van der Waals surface area contributed by atoms with Crippen molar-refractivity contribution >= 4 is 0 Å². The van der Waals surface area contributed by atoms with Crippen LogP contribution in [-0.2, 0) is 0 Å². The topological polar surface area (TPSA) is 46.2 Å². The quantitative estimate of drug-likeness (QED) is 0.768. The summed E-state index contributed by atoms with van der Waals surface area (Å²) in [5, 5.41) is 9.65. The van der Waals surface area contributed by atoms with Crippen molar-refractivity contribution in [1.29, 1.82) is 0 Å². The zero-order chi connectivity index (χ0) is 10.7. The Morgan fingerprint density at radius 2 is 2.00 bits per heavy atom. The van der Waals surface area contributed by atoms with Gasteiger partial charge in [0.2, 0.25) is 0 Å². The molecular weight excluding hydrogens is 174 g/mol. The molecular formula is C12H19NO. The lowest BCUT2D eigenvalue weighted by Crippen LogP contribution is -2.26. The average molecular weight is 193 g/mol. The second-order valence-corrected chi connectivity index (χ2v) is 3.95. The van der Waals surface area contributed by atoms with Gasteiger partial charge in [0.05, 0.1) is 6.10 Å². The molecule has 0 aliphatic rings. The molecule has 0 saturated heterocycles. The van der Waals surface area contributed by atoms with Gasteiger partial charge in [-0.25, -0.2) is 0 Å². The Balaban J connectivity index is 2.95. The molecule has 0 amide bonds. The first-order chi connectivity index (χ1) is 6.56. The Bertz CT molecular complexity index is 309. The van der Waals surface area contributed by atoms with Gasteiger partial charge in [0, 0.05) is 12.5 Å². The van der Waals surface area contributed by atoms with Gasteiger partial charge in [-0.1, -0.05) is 30.7 Å². The first kappa shape index (κ1) is 11.2. The molecule has 0 radical (unpaired) electrons. The summed E-state index contributed by atoms with van der Waals surface area (Å²) in [7, 11) is 0. The third kappa shape index (κ3) is 2.34. The monoisotopic (exact) mass is 193 g/mol. The van der Waals surface area contributed by atoms with Crippen molar-refractivity contribution in [2.75, 3.05) is 6.54 Å². The number of aryl methyl sites for hydroxylation is 2. The van der Waals surface area contributed by atoms with Crippen LogP contribution in [0, 0.1) is 13.8 Å². The maximum Gasteiger partial charge on any atom is 0.0728 e. The van der Waals surface area contributed by atoms with Gasteiger partial charge in [0.1, 0.15) is 0 Å². The normalized spacial score (nSPS) is 15.2. The van der Waals surface area contributed by atoms with Crippen LogP contribution in [0.4, 0.5) is 0 Å². The van der Waals surface area contributed by atoms with Gasteiger partial charge in [-0.2, -0.15) is 0 Å². The van der Waals surface area contributed by atoms with E-state index in [9.17, 15) is 5.11 Å². The molecule has 2 heteroatoms. The second-order valence-electron chi connectivity index (χ2n) is 3.95. The van der Waals surface area contributed by atoms with Crippen LogP contribution in [0.2, 0.25) is 0 Å². The first-order valence-electron chi connectivity index (χ1n) is 5.01. The summed E-state index contributed by atoms with van der Waals surface area (Å²) >= 11 is 0. The molecule has 0 saturated carbocycles. The van der Waals surface area contributed by atoms with Crippen molar-refractivity contribution in [3.63, 3.8) is 0 Å². The molecule has 1 rings (SSSR count). The molecule has 0 aliphatic carbocycles. The SMILES string of the molecule is Cc1ccc(C(C)C(O)CN)c(C)c1. The maximum absolute atomic E-state index is 9.65. The summed E-state index contributed by atoms with van der Waals surface area (Å²) in [6.07, 6.45) is -0.448. The van der Waals surface area contributed by atoms with E-state index in [1.54, 1.807) is 0 Å². The maximum atomic E-state index is 9.65. The van der Waals surface area contributed by atoms with E-state index in [0.717, 1.165) is 0 Å². The average Bonchev–Trinajstić information content (AvgIpc) is 2.15. The summed E-state index contributed by atoms with van der Waals surface area (Å²) < 4.78 is 0. The molecule has 2 nitrogen and oxygen atoms in total. The number of benzene rings is 1. The van der Waals surface area contributed by atoms with Crippen molar-refractivity contribution in [1.82, 2.24) is 0 Å². The summed E-state index contributed by atoms with van der Waals surface area (Å²) in [5.41, 5.74) is 9.11. The number of rotatable bonds is 3. The molecule has 0 heterocycles. The predicted molar refractivity (Wildman–Crippen MR) is 59.4 cm³/mol. The van der Waals surface area contributed by atoms with Crippen LogP contribution >= 0.6 is 0 Å². The zero-order valence-electron chi connectivity index (χ0n) is 9.12. The second kappa shape index (κ2) is 4.58. The molecule has 2 unspecified atom stereocenters. The summed E-state index contributed by atoms with van der Waals surface area (Å²) in [6, 6.07) is 6.28.